The van der Waals surface area contributed by atoms with Crippen LogP contribution in [-0.2, 0) is 6.42 Å². The van der Waals surface area contributed by atoms with Crippen molar-refractivity contribution in [2.45, 2.75) is 20.3 Å². The minimum atomic E-state index is -0.763. The van der Waals surface area contributed by atoms with E-state index in [4.69, 9.17) is 5.11 Å². The van der Waals surface area contributed by atoms with Gasteiger partial charge >= 0.3 is 0 Å². The molecule has 2 aromatic rings. The molecule has 0 spiro atoms. The lowest BCUT2D eigenvalue weighted by Gasteiger charge is -2.03. The van der Waals surface area contributed by atoms with E-state index in [1.54, 1.807) is 0 Å². The number of benzene rings is 1. The van der Waals surface area contributed by atoms with Crippen molar-refractivity contribution in [1.29, 1.82) is 0 Å². The number of anilines is 1. The van der Waals surface area contributed by atoms with Crippen molar-refractivity contribution in [3.05, 3.63) is 40.2 Å². The van der Waals surface area contributed by atoms with Crippen LogP contribution >= 0.6 is 11.3 Å². The Bertz CT molecular complexity index is 625. The fraction of sp³-hybridized carbons (Fsp3) is 0.231. The molecule has 2 N–H and O–H groups in total. The Balaban J connectivity index is 2.20. The molecule has 0 unspecified atom stereocenters. The number of halogens is 1. The SMILES string of the molecule is CCc1nc(NC(=O)c2ccc(O)cc2F)sc1C. The van der Waals surface area contributed by atoms with E-state index in [-0.39, 0.29) is 11.3 Å². The second kappa shape index (κ2) is 5.36. The van der Waals surface area contributed by atoms with Crippen LogP contribution in [0.2, 0.25) is 0 Å². The molecule has 0 saturated carbocycles. The fourth-order valence-corrected chi connectivity index (χ4v) is 2.56. The zero-order valence-corrected chi connectivity index (χ0v) is 11.3. The molecule has 19 heavy (non-hydrogen) atoms. The van der Waals surface area contributed by atoms with E-state index in [0.29, 0.717) is 5.13 Å². The molecule has 0 aliphatic heterocycles. The minimum Gasteiger partial charge on any atom is -0.508 e. The Morgan fingerprint density at radius 3 is 2.84 bits per heavy atom. The van der Waals surface area contributed by atoms with E-state index in [1.807, 2.05) is 13.8 Å². The summed E-state index contributed by atoms with van der Waals surface area (Å²) in [7, 11) is 0. The van der Waals surface area contributed by atoms with Gasteiger partial charge in [0.25, 0.3) is 5.91 Å². The van der Waals surface area contributed by atoms with Gasteiger partial charge in [0.05, 0.1) is 11.3 Å². The Morgan fingerprint density at radius 1 is 1.53 bits per heavy atom. The van der Waals surface area contributed by atoms with Gasteiger partial charge in [-0.3, -0.25) is 10.1 Å². The van der Waals surface area contributed by atoms with Gasteiger partial charge < -0.3 is 5.11 Å². The summed E-state index contributed by atoms with van der Waals surface area (Å²) >= 11 is 1.36. The molecule has 1 heterocycles. The highest BCUT2D eigenvalue weighted by atomic mass is 32.1. The molecule has 0 saturated heterocycles. The number of hydrogen-bond donors (Lipinski definition) is 2. The Kier molecular flexibility index (Phi) is 3.80. The van der Waals surface area contributed by atoms with Gasteiger partial charge in [0, 0.05) is 10.9 Å². The number of carbonyl (C=O) groups is 1. The number of nitrogens with one attached hydrogen (secondary N) is 1. The van der Waals surface area contributed by atoms with Crippen LogP contribution in [0.4, 0.5) is 9.52 Å². The number of amides is 1. The Hall–Kier alpha value is -1.95. The number of hydrogen-bond acceptors (Lipinski definition) is 4. The van der Waals surface area contributed by atoms with E-state index in [1.165, 1.54) is 23.5 Å². The minimum absolute atomic E-state index is 0.122. The number of aryl methyl sites for hydroxylation is 2. The van der Waals surface area contributed by atoms with Crippen LogP contribution < -0.4 is 5.32 Å². The predicted molar refractivity (Wildman–Crippen MR) is 72.2 cm³/mol. The maximum Gasteiger partial charge on any atom is 0.260 e. The average molecular weight is 280 g/mol. The zero-order valence-electron chi connectivity index (χ0n) is 10.5. The Morgan fingerprint density at radius 2 is 2.26 bits per heavy atom. The van der Waals surface area contributed by atoms with Crippen molar-refractivity contribution in [3.8, 4) is 5.75 Å². The molecule has 0 atom stereocenters. The zero-order chi connectivity index (χ0) is 14.0. The molecular weight excluding hydrogens is 267 g/mol. The first kappa shape index (κ1) is 13.5. The maximum atomic E-state index is 13.5. The smallest absolute Gasteiger partial charge is 0.260 e. The Labute approximate surface area is 113 Å². The van der Waals surface area contributed by atoms with E-state index in [0.717, 1.165) is 23.1 Å². The molecule has 100 valence electrons. The normalized spacial score (nSPS) is 10.5. The van der Waals surface area contributed by atoms with Crippen LogP contribution in [0.1, 0.15) is 27.9 Å². The highest BCUT2D eigenvalue weighted by Crippen LogP contribution is 2.23. The van der Waals surface area contributed by atoms with Crippen LogP contribution in [0.15, 0.2) is 18.2 Å². The molecular formula is C13H13FN2O2S. The number of rotatable bonds is 3. The quantitative estimate of drug-likeness (QED) is 0.908. The van der Waals surface area contributed by atoms with Crippen molar-refractivity contribution in [2.75, 3.05) is 5.32 Å². The monoisotopic (exact) mass is 280 g/mol. The lowest BCUT2D eigenvalue weighted by molar-refractivity contribution is 0.102. The van der Waals surface area contributed by atoms with Crippen LogP contribution in [0.3, 0.4) is 0 Å². The van der Waals surface area contributed by atoms with Gasteiger partial charge in [-0.15, -0.1) is 11.3 Å². The van der Waals surface area contributed by atoms with Crippen molar-refractivity contribution in [1.82, 2.24) is 4.98 Å². The number of phenolic OH excluding ortho intramolecular Hbond substituents is 1. The lowest BCUT2D eigenvalue weighted by atomic mass is 10.2. The number of aromatic hydroxyl groups is 1. The van der Waals surface area contributed by atoms with E-state index in [9.17, 15) is 9.18 Å². The van der Waals surface area contributed by atoms with Crippen LogP contribution in [0.5, 0.6) is 5.75 Å². The van der Waals surface area contributed by atoms with Gasteiger partial charge in [-0.25, -0.2) is 9.37 Å². The number of nitrogens with zero attached hydrogens (tertiary/aromatic N) is 1. The largest absolute Gasteiger partial charge is 0.508 e. The average Bonchev–Trinajstić information content (AvgIpc) is 2.69. The van der Waals surface area contributed by atoms with Gasteiger partial charge in [-0.1, -0.05) is 6.92 Å². The number of carbonyl (C=O) groups excluding carboxylic acids is 1. The van der Waals surface area contributed by atoms with Gasteiger partial charge in [-0.2, -0.15) is 0 Å². The van der Waals surface area contributed by atoms with Crippen LogP contribution in [-0.4, -0.2) is 16.0 Å². The second-order valence-corrected chi connectivity index (χ2v) is 5.20. The third-order valence-corrected chi connectivity index (χ3v) is 3.57. The third kappa shape index (κ3) is 2.90. The summed E-state index contributed by atoms with van der Waals surface area (Å²) in [6.45, 7) is 3.90. The number of phenols is 1. The molecule has 0 bridgehead atoms. The molecule has 4 nitrogen and oxygen atoms in total. The molecule has 6 heteroatoms. The highest BCUT2D eigenvalue weighted by Gasteiger charge is 2.15. The summed E-state index contributed by atoms with van der Waals surface area (Å²) < 4.78 is 13.5. The molecule has 0 aliphatic carbocycles. The van der Waals surface area contributed by atoms with Crippen molar-refractivity contribution in [2.24, 2.45) is 0 Å². The molecule has 0 fully saturated rings. The summed E-state index contributed by atoms with van der Waals surface area (Å²) in [6.07, 6.45) is 0.784. The highest BCUT2D eigenvalue weighted by molar-refractivity contribution is 7.15. The van der Waals surface area contributed by atoms with Crippen molar-refractivity contribution in [3.63, 3.8) is 0 Å². The van der Waals surface area contributed by atoms with Crippen LogP contribution in [0.25, 0.3) is 0 Å². The van der Waals surface area contributed by atoms with Crippen molar-refractivity contribution >= 4 is 22.4 Å². The predicted octanol–water partition coefficient (Wildman–Crippen LogP) is 3.11. The lowest BCUT2D eigenvalue weighted by Crippen LogP contribution is -2.13. The second-order valence-electron chi connectivity index (χ2n) is 3.99. The molecule has 2 rings (SSSR count). The standard InChI is InChI=1S/C13H13FN2O2S/c1-3-11-7(2)19-13(15-11)16-12(18)9-5-4-8(17)6-10(9)14/h4-6,17H,3H2,1-2H3,(H,15,16,18). The topological polar surface area (TPSA) is 62.2 Å². The van der Waals surface area contributed by atoms with E-state index in [2.05, 4.69) is 10.3 Å². The first-order valence-corrected chi connectivity index (χ1v) is 6.59. The first-order chi connectivity index (χ1) is 9.01. The molecule has 0 aliphatic rings. The van der Waals surface area contributed by atoms with Crippen molar-refractivity contribution < 1.29 is 14.3 Å². The molecule has 0 radical (unpaired) electrons. The number of thiazole rings is 1. The van der Waals surface area contributed by atoms with Gasteiger partial charge in [0.15, 0.2) is 5.13 Å². The van der Waals surface area contributed by atoms with E-state index < -0.39 is 11.7 Å². The number of aromatic nitrogens is 1. The summed E-state index contributed by atoms with van der Waals surface area (Å²) in [6, 6.07) is 3.41. The molecule has 1 aromatic heterocycles. The summed E-state index contributed by atoms with van der Waals surface area (Å²) in [5.41, 5.74) is 0.801. The summed E-state index contributed by atoms with van der Waals surface area (Å²) in [5.74, 6) is -1.55. The summed E-state index contributed by atoms with van der Waals surface area (Å²) in [4.78, 5) is 17.2. The van der Waals surface area contributed by atoms with Gasteiger partial charge in [0.1, 0.15) is 11.6 Å². The molecule has 1 amide bonds. The van der Waals surface area contributed by atoms with Gasteiger partial charge in [-0.05, 0) is 25.5 Å². The third-order valence-electron chi connectivity index (χ3n) is 2.65. The van der Waals surface area contributed by atoms with E-state index >= 15 is 0 Å². The maximum absolute atomic E-state index is 13.5. The first-order valence-electron chi connectivity index (χ1n) is 5.77. The van der Waals surface area contributed by atoms with Gasteiger partial charge in [0.2, 0.25) is 0 Å². The molecule has 1 aromatic carbocycles. The fourth-order valence-electron chi connectivity index (χ4n) is 1.66. The van der Waals surface area contributed by atoms with Crippen LogP contribution in [0, 0.1) is 12.7 Å². The summed E-state index contributed by atoms with van der Waals surface area (Å²) in [5, 5.41) is 12.1.